The van der Waals surface area contributed by atoms with Crippen molar-refractivity contribution in [2.24, 2.45) is 5.41 Å². The van der Waals surface area contributed by atoms with Crippen LogP contribution in [-0.2, 0) is 14.3 Å². The van der Waals surface area contributed by atoms with Crippen molar-refractivity contribution in [3.05, 3.63) is 35.4 Å². The van der Waals surface area contributed by atoms with E-state index in [2.05, 4.69) is 11.8 Å². The summed E-state index contributed by atoms with van der Waals surface area (Å²) in [6.45, 7) is 6.75. The minimum atomic E-state index is -1.40. The van der Waals surface area contributed by atoms with Crippen LogP contribution < -0.4 is 0 Å². The molecule has 1 aromatic carbocycles. The molecule has 0 aliphatic carbocycles. The average molecular weight is 258 g/mol. The van der Waals surface area contributed by atoms with Crippen LogP contribution in [0.1, 0.15) is 31.9 Å². The molecule has 0 amide bonds. The van der Waals surface area contributed by atoms with Crippen molar-refractivity contribution < 1.29 is 14.3 Å². The van der Waals surface area contributed by atoms with Crippen LogP contribution in [0, 0.1) is 24.2 Å². The van der Waals surface area contributed by atoms with Gasteiger partial charge in [-0.2, -0.15) is 0 Å². The van der Waals surface area contributed by atoms with Crippen molar-refractivity contribution in [2.75, 3.05) is 6.61 Å². The number of ether oxygens (including phenoxy) is 1. The van der Waals surface area contributed by atoms with E-state index in [0.717, 1.165) is 11.1 Å². The molecular formula is C16H18O3. The first-order valence-electron chi connectivity index (χ1n) is 6.18. The highest BCUT2D eigenvalue weighted by Crippen LogP contribution is 2.19. The number of hydrogen-bond acceptors (Lipinski definition) is 3. The quantitative estimate of drug-likeness (QED) is 0.475. The lowest BCUT2D eigenvalue weighted by Crippen LogP contribution is -2.35. The molecule has 0 N–H and O–H groups in total. The smallest absolute Gasteiger partial charge is 0.331 e. The Morgan fingerprint density at radius 1 is 1.26 bits per heavy atom. The fourth-order valence-corrected chi connectivity index (χ4v) is 1.39. The molecule has 3 heteroatoms. The van der Waals surface area contributed by atoms with E-state index in [-0.39, 0.29) is 12.4 Å². The molecule has 1 aromatic rings. The zero-order chi connectivity index (χ0) is 14.5. The number of carbonyl (C=O) groups is 2. The van der Waals surface area contributed by atoms with E-state index in [1.165, 1.54) is 13.8 Å². The summed E-state index contributed by atoms with van der Waals surface area (Å²) in [5.41, 5.74) is 0.494. The molecule has 1 rings (SSSR count). The fourth-order valence-electron chi connectivity index (χ4n) is 1.39. The number of hydrogen-bond donors (Lipinski definition) is 0. The van der Waals surface area contributed by atoms with E-state index in [1.54, 1.807) is 6.92 Å². The first-order chi connectivity index (χ1) is 8.90. The van der Waals surface area contributed by atoms with Gasteiger partial charge in [-0.15, -0.1) is 0 Å². The average Bonchev–Trinajstić information content (AvgIpc) is 2.37. The van der Waals surface area contributed by atoms with Crippen molar-refractivity contribution in [3.8, 4) is 11.8 Å². The minimum Gasteiger partial charge on any atom is -0.465 e. The van der Waals surface area contributed by atoms with Crippen LogP contribution in [0.25, 0.3) is 0 Å². The summed E-state index contributed by atoms with van der Waals surface area (Å²) in [4.78, 5) is 23.5. The Hall–Kier alpha value is -2.08. The van der Waals surface area contributed by atoms with E-state index in [9.17, 15) is 9.59 Å². The first-order valence-corrected chi connectivity index (χ1v) is 6.18. The van der Waals surface area contributed by atoms with Gasteiger partial charge in [-0.3, -0.25) is 4.79 Å². The standard InChI is InChI=1S/C16H18O3/c1-5-19-15(18)16(4,13(3)17)11-10-14-8-6-12(2)7-9-14/h6-9H,5H2,1-4H3/t16-/m1/s1. The summed E-state index contributed by atoms with van der Waals surface area (Å²) in [6.07, 6.45) is 0. The van der Waals surface area contributed by atoms with E-state index >= 15 is 0 Å². The first kappa shape index (κ1) is 15.0. The number of aryl methyl sites for hydroxylation is 1. The van der Waals surface area contributed by atoms with Gasteiger partial charge in [-0.25, -0.2) is 4.79 Å². The lowest BCUT2D eigenvalue weighted by molar-refractivity contribution is -0.154. The van der Waals surface area contributed by atoms with E-state index in [1.807, 2.05) is 31.2 Å². The number of Topliss-reactive ketones (excluding diaryl/α,β-unsaturated/α-hetero) is 1. The molecule has 19 heavy (non-hydrogen) atoms. The molecule has 0 aliphatic heterocycles. The van der Waals surface area contributed by atoms with Crippen molar-refractivity contribution in [1.29, 1.82) is 0 Å². The maximum atomic E-state index is 11.8. The number of rotatable bonds is 3. The molecule has 100 valence electrons. The van der Waals surface area contributed by atoms with Gasteiger partial charge in [-0.1, -0.05) is 29.5 Å². The third-order valence-electron chi connectivity index (χ3n) is 2.90. The second-order valence-electron chi connectivity index (χ2n) is 4.52. The van der Waals surface area contributed by atoms with Crippen molar-refractivity contribution >= 4 is 11.8 Å². The van der Waals surface area contributed by atoms with Gasteiger partial charge in [0.2, 0.25) is 0 Å². The SMILES string of the molecule is CCOC(=O)[C@](C)(C#Cc1ccc(C)cc1)C(C)=O. The maximum Gasteiger partial charge on any atom is 0.331 e. The molecule has 1 atom stereocenters. The van der Waals surface area contributed by atoms with Crippen LogP contribution >= 0.6 is 0 Å². The number of ketones is 1. The largest absolute Gasteiger partial charge is 0.465 e. The predicted molar refractivity (Wildman–Crippen MR) is 73.5 cm³/mol. The van der Waals surface area contributed by atoms with Crippen LogP contribution in [0.4, 0.5) is 0 Å². The second-order valence-corrected chi connectivity index (χ2v) is 4.52. The topological polar surface area (TPSA) is 43.4 Å². The Bertz CT molecular complexity index is 531. The number of esters is 1. The third kappa shape index (κ3) is 3.69. The zero-order valence-electron chi connectivity index (χ0n) is 11.7. The summed E-state index contributed by atoms with van der Waals surface area (Å²) < 4.78 is 4.91. The van der Waals surface area contributed by atoms with Gasteiger partial charge in [-0.05, 0) is 39.8 Å². The van der Waals surface area contributed by atoms with Crippen LogP contribution in [0.2, 0.25) is 0 Å². The van der Waals surface area contributed by atoms with E-state index in [4.69, 9.17) is 4.74 Å². The second kappa shape index (κ2) is 6.19. The van der Waals surface area contributed by atoms with E-state index in [0.29, 0.717) is 0 Å². The van der Waals surface area contributed by atoms with Crippen LogP contribution in [0.3, 0.4) is 0 Å². The molecule has 0 saturated heterocycles. The summed E-state index contributed by atoms with van der Waals surface area (Å²) in [5, 5.41) is 0. The Morgan fingerprint density at radius 3 is 2.32 bits per heavy atom. The third-order valence-corrected chi connectivity index (χ3v) is 2.90. The monoisotopic (exact) mass is 258 g/mol. The summed E-state index contributed by atoms with van der Waals surface area (Å²) in [5.74, 6) is 4.69. The molecule has 0 bridgehead atoms. The molecule has 0 heterocycles. The van der Waals surface area contributed by atoms with Crippen molar-refractivity contribution in [2.45, 2.75) is 27.7 Å². The molecule has 0 unspecified atom stereocenters. The summed E-state index contributed by atoms with van der Waals surface area (Å²) in [6, 6.07) is 7.57. The highest BCUT2D eigenvalue weighted by Gasteiger charge is 2.38. The molecule has 0 spiro atoms. The van der Waals surface area contributed by atoms with Gasteiger partial charge in [0.15, 0.2) is 11.2 Å². The van der Waals surface area contributed by atoms with Gasteiger partial charge in [0, 0.05) is 5.56 Å². The van der Waals surface area contributed by atoms with Gasteiger partial charge in [0.1, 0.15) is 0 Å². The van der Waals surface area contributed by atoms with Gasteiger partial charge < -0.3 is 4.74 Å². The maximum absolute atomic E-state index is 11.8. The molecular weight excluding hydrogens is 240 g/mol. The normalized spacial score (nSPS) is 12.8. The summed E-state index contributed by atoms with van der Waals surface area (Å²) in [7, 11) is 0. The highest BCUT2D eigenvalue weighted by molar-refractivity contribution is 6.05. The zero-order valence-corrected chi connectivity index (χ0v) is 11.7. The van der Waals surface area contributed by atoms with E-state index < -0.39 is 11.4 Å². The Labute approximate surface area is 114 Å². The molecule has 3 nitrogen and oxygen atoms in total. The lowest BCUT2D eigenvalue weighted by atomic mass is 9.87. The van der Waals surface area contributed by atoms with Gasteiger partial charge in [0.25, 0.3) is 0 Å². The Balaban J connectivity index is 3.06. The molecule has 0 radical (unpaired) electrons. The Kier molecular flexibility index (Phi) is 4.88. The van der Waals surface area contributed by atoms with Crippen molar-refractivity contribution in [1.82, 2.24) is 0 Å². The lowest BCUT2D eigenvalue weighted by Gasteiger charge is -2.17. The van der Waals surface area contributed by atoms with Gasteiger partial charge in [0.05, 0.1) is 6.61 Å². The van der Waals surface area contributed by atoms with Crippen LogP contribution in [-0.4, -0.2) is 18.4 Å². The molecule has 0 aliphatic rings. The van der Waals surface area contributed by atoms with Crippen LogP contribution in [0.5, 0.6) is 0 Å². The highest BCUT2D eigenvalue weighted by atomic mass is 16.5. The fraction of sp³-hybridized carbons (Fsp3) is 0.375. The molecule has 0 saturated carbocycles. The summed E-state index contributed by atoms with van der Waals surface area (Å²) >= 11 is 0. The predicted octanol–water partition coefficient (Wildman–Crippen LogP) is 2.50. The molecule has 0 aromatic heterocycles. The molecule has 0 fully saturated rings. The van der Waals surface area contributed by atoms with Crippen molar-refractivity contribution in [3.63, 3.8) is 0 Å². The van der Waals surface area contributed by atoms with Gasteiger partial charge >= 0.3 is 5.97 Å². The number of benzene rings is 1. The minimum absolute atomic E-state index is 0.230. The van der Waals surface area contributed by atoms with Crippen LogP contribution in [0.15, 0.2) is 24.3 Å². The Morgan fingerprint density at radius 2 is 1.84 bits per heavy atom. The number of carbonyl (C=O) groups excluding carboxylic acids is 2.